The number of carbonyl (C=O) groups excluding carboxylic acids is 1. The zero-order valence-electron chi connectivity index (χ0n) is 10.8. The standard InChI is InChI=1S/C16H13N3O/c20-16(19-11-14-5-1-2-8-17-14)13-7-6-12-4-3-9-18-15(12)10-13/h1-10H,11H2,(H,19,20). The normalized spacial score (nSPS) is 10.4. The Balaban J connectivity index is 1.75. The Labute approximate surface area is 116 Å². The Morgan fingerprint density at radius 1 is 1.00 bits per heavy atom. The topological polar surface area (TPSA) is 54.9 Å². The van der Waals surface area contributed by atoms with Crippen molar-refractivity contribution in [1.82, 2.24) is 15.3 Å². The predicted octanol–water partition coefficient (Wildman–Crippen LogP) is 2.56. The summed E-state index contributed by atoms with van der Waals surface area (Å²) in [6.45, 7) is 0.417. The molecule has 0 saturated carbocycles. The Kier molecular flexibility index (Phi) is 3.37. The van der Waals surface area contributed by atoms with Gasteiger partial charge in [0.05, 0.1) is 17.8 Å². The molecule has 3 rings (SSSR count). The van der Waals surface area contributed by atoms with Gasteiger partial charge in [0.2, 0.25) is 0 Å². The van der Waals surface area contributed by atoms with Gasteiger partial charge in [-0.25, -0.2) is 0 Å². The van der Waals surface area contributed by atoms with Gasteiger partial charge >= 0.3 is 0 Å². The highest BCUT2D eigenvalue weighted by molar-refractivity contribution is 5.97. The van der Waals surface area contributed by atoms with Gasteiger partial charge in [0.25, 0.3) is 5.91 Å². The van der Waals surface area contributed by atoms with Crippen molar-refractivity contribution in [2.24, 2.45) is 0 Å². The van der Waals surface area contributed by atoms with Gasteiger partial charge in [0.1, 0.15) is 0 Å². The van der Waals surface area contributed by atoms with E-state index in [2.05, 4.69) is 15.3 Å². The van der Waals surface area contributed by atoms with Gasteiger partial charge in [-0.3, -0.25) is 14.8 Å². The van der Waals surface area contributed by atoms with Crippen LogP contribution in [0.15, 0.2) is 60.9 Å². The van der Waals surface area contributed by atoms with Crippen molar-refractivity contribution >= 4 is 16.8 Å². The van der Waals surface area contributed by atoms with Crippen LogP contribution in [0, 0.1) is 0 Å². The smallest absolute Gasteiger partial charge is 0.251 e. The fourth-order valence-electron chi connectivity index (χ4n) is 1.98. The number of benzene rings is 1. The SMILES string of the molecule is O=C(NCc1ccccn1)c1ccc2cccnc2c1. The predicted molar refractivity (Wildman–Crippen MR) is 77.2 cm³/mol. The van der Waals surface area contributed by atoms with Crippen molar-refractivity contribution in [2.75, 3.05) is 0 Å². The lowest BCUT2D eigenvalue weighted by molar-refractivity contribution is 0.0950. The molecule has 2 heterocycles. The molecule has 3 aromatic rings. The molecule has 1 N–H and O–H groups in total. The van der Waals surface area contributed by atoms with E-state index in [-0.39, 0.29) is 5.91 Å². The van der Waals surface area contributed by atoms with E-state index in [0.29, 0.717) is 12.1 Å². The summed E-state index contributed by atoms with van der Waals surface area (Å²) in [6.07, 6.45) is 3.43. The number of carbonyl (C=O) groups is 1. The molecular formula is C16H13N3O. The van der Waals surface area contributed by atoms with Gasteiger partial charge in [-0.15, -0.1) is 0 Å². The number of nitrogens with one attached hydrogen (secondary N) is 1. The number of hydrogen-bond donors (Lipinski definition) is 1. The molecule has 0 spiro atoms. The van der Waals surface area contributed by atoms with Crippen LogP contribution in [-0.2, 0) is 6.54 Å². The van der Waals surface area contributed by atoms with Crippen molar-refractivity contribution < 1.29 is 4.79 Å². The van der Waals surface area contributed by atoms with Gasteiger partial charge in [0.15, 0.2) is 0 Å². The molecule has 4 nitrogen and oxygen atoms in total. The molecule has 0 aliphatic carbocycles. The van der Waals surface area contributed by atoms with E-state index in [0.717, 1.165) is 16.6 Å². The minimum Gasteiger partial charge on any atom is -0.346 e. The number of hydrogen-bond acceptors (Lipinski definition) is 3. The van der Waals surface area contributed by atoms with E-state index in [1.807, 2.05) is 36.4 Å². The second-order valence-electron chi connectivity index (χ2n) is 4.41. The minimum atomic E-state index is -0.122. The molecule has 1 aromatic carbocycles. The molecule has 0 aliphatic heterocycles. The fraction of sp³-hybridized carbons (Fsp3) is 0.0625. The lowest BCUT2D eigenvalue weighted by Gasteiger charge is -2.05. The summed E-state index contributed by atoms with van der Waals surface area (Å²) >= 11 is 0. The maximum absolute atomic E-state index is 12.1. The van der Waals surface area contributed by atoms with Crippen LogP contribution >= 0.6 is 0 Å². The summed E-state index contributed by atoms with van der Waals surface area (Å²) in [6, 6.07) is 15.0. The molecule has 0 saturated heterocycles. The summed E-state index contributed by atoms with van der Waals surface area (Å²) < 4.78 is 0. The number of nitrogens with zero attached hydrogens (tertiary/aromatic N) is 2. The second-order valence-corrected chi connectivity index (χ2v) is 4.41. The summed E-state index contributed by atoms with van der Waals surface area (Å²) in [5, 5.41) is 3.87. The molecule has 0 bridgehead atoms. The van der Waals surface area contributed by atoms with Gasteiger partial charge in [0, 0.05) is 23.3 Å². The molecule has 0 atom stereocenters. The van der Waals surface area contributed by atoms with Crippen LogP contribution in [0.3, 0.4) is 0 Å². The third-order valence-electron chi connectivity index (χ3n) is 3.02. The summed E-state index contributed by atoms with van der Waals surface area (Å²) in [7, 11) is 0. The first-order valence-electron chi connectivity index (χ1n) is 6.36. The molecule has 0 aliphatic rings. The molecule has 20 heavy (non-hydrogen) atoms. The molecule has 0 fully saturated rings. The average Bonchev–Trinajstić information content (AvgIpc) is 2.53. The molecule has 0 radical (unpaired) electrons. The number of fused-ring (bicyclic) bond motifs is 1. The zero-order chi connectivity index (χ0) is 13.8. The number of aromatic nitrogens is 2. The minimum absolute atomic E-state index is 0.122. The van der Waals surface area contributed by atoms with Gasteiger partial charge in [-0.2, -0.15) is 0 Å². The molecule has 4 heteroatoms. The van der Waals surface area contributed by atoms with Crippen LogP contribution in [0.1, 0.15) is 16.1 Å². The van der Waals surface area contributed by atoms with Crippen LogP contribution in [0.2, 0.25) is 0 Å². The first-order chi connectivity index (χ1) is 9.83. The van der Waals surface area contributed by atoms with Crippen LogP contribution in [-0.4, -0.2) is 15.9 Å². The monoisotopic (exact) mass is 263 g/mol. The first-order valence-corrected chi connectivity index (χ1v) is 6.36. The Morgan fingerprint density at radius 3 is 2.75 bits per heavy atom. The van der Waals surface area contributed by atoms with Crippen molar-refractivity contribution in [3.63, 3.8) is 0 Å². The molecule has 2 aromatic heterocycles. The van der Waals surface area contributed by atoms with Gasteiger partial charge < -0.3 is 5.32 Å². The Bertz CT molecular complexity index is 741. The van der Waals surface area contributed by atoms with Crippen LogP contribution in [0.25, 0.3) is 10.9 Å². The molecule has 0 unspecified atom stereocenters. The molecule has 1 amide bonds. The lowest BCUT2D eigenvalue weighted by Crippen LogP contribution is -2.23. The van der Waals surface area contributed by atoms with Crippen molar-refractivity contribution in [1.29, 1.82) is 0 Å². The van der Waals surface area contributed by atoms with Crippen molar-refractivity contribution in [3.8, 4) is 0 Å². The molecular weight excluding hydrogens is 250 g/mol. The van der Waals surface area contributed by atoms with Crippen LogP contribution in [0.5, 0.6) is 0 Å². The van der Waals surface area contributed by atoms with E-state index in [4.69, 9.17) is 0 Å². The third-order valence-corrected chi connectivity index (χ3v) is 3.02. The largest absolute Gasteiger partial charge is 0.346 e. The van der Waals surface area contributed by atoms with Crippen LogP contribution < -0.4 is 5.32 Å². The number of pyridine rings is 2. The lowest BCUT2D eigenvalue weighted by atomic mass is 10.1. The average molecular weight is 263 g/mol. The summed E-state index contributed by atoms with van der Waals surface area (Å²) in [4.78, 5) is 20.5. The third kappa shape index (κ3) is 2.64. The van der Waals surface area contributed by atoms with Crippen molar-refractivity contribution in [3.05, 3.63) is 72.2 Å². The highest BCUT2D eigenvalue weighted by Crippen LogP contribution is 2.13. The zero-order valence-corrected chi connectivity index (χ0v) is 10.8. The molecule has 98 valence electrons. The highest BCUT2D eigenvalue weighted by Gasteiger charge is 2.06. The van der Waals surface area contributed by atoms with Crippen molar-refractivity contribution in [2.45, 2.75) is 6.54 Å². The van der Waals surface area contributed by atoms with E-state index in [1.165, 1.54) is 0 Å². The maximum atomic E-state index is 12.1. The quantitative estimate of drug-likeness (QED) is 0.790. The van der Waals surface area contributed by atoms with E-state index in [9.17, 15) is 4.79 Å². The Morgan fingerprint density at radius 2 is 1.90 bits per heavy atom. The maximum Gasteiger partial charge on any atom is 0.251 e. The Hall–Kier alpha value is -2.75. The van der Waals surface area contributed by atoms with E-state index in [1.54, 1.807) is 24.5 Å². The fourth-order valence-corrected chi connectivity index (χ4v) is 1.98. The summed E-state index contributed by atoms with van der Waals surface area (Å²) in [5.74, 6) is -0.122. The number of amides is 1. The number of rotatable bonds is 3. The first kappa shape index (κ1) is 12.3. The van der Waals surface area contributed by atoms with Gasteiger partial charge in [-0.1, -0.05) is 18.2 Å². The van der Waals surface area contributed by atoms with E-state index < -0.39 is 0 Å². The second kappa shape index (κ2) is 5.48. The summed E-state index contributed by atoms with van der Waals surface area (Å²) in [5.41, 5.74) is 2.25. The van der Waals surface area contributed by atoms with Gasteiger partial charge in [-0.05, 0) is 30.3 Å². The highest BCUT2D eigenvalue weighted by atomic mass is 16.1. The van der Waals surface area contributed by atoms with Crippen LogP contribution in [0.4, 0.5) is 0 Å². The van der Waals surface area contributed by atoms with E-state index >= 15 is 0 Å².